The molecule has 5 heteroatoms. The monoisotopic (exact) mass is 125 g/mol. The van der Waals surface area contributed by atoms with Crippen molar-refractivity contribution in [2.75, 3.05) is 6.54 Å². The Labute approximate surface area is 44.3 Å². The van der Waals surface area contributed by atoms with Gasteiger partial charge in [0.05, 0.1) is 0 Å². The van der Waals surface area contributed by atoms with E-state index in [-0.39, 0.29) is 0 Å². The summed E-state index contributed by atoms with van der Waals surface area (Å²) >= 11 is -2.18. The van der Waals surface area contributed by atoms with Crippen molar-refractivity contribution in [3.05, 3.63) is 0 Å². The van der Waals surface area contributed by atoms with Crippen molar-refractivity contribution in [2.45, 2.75) is 6.92 Å². The summed E-state index contributed by atoms with van der Waals surface area (Å²) in [5, 5.41) is 0. The molecular formula is C2H7NO3S. The van der Waals surface area contributed by atoms with Crippen LogP contribution in [0.5, 0.6) is 0 Å². The van der Waals surface area contributed by atoms with Crippen molar-refractivity contribution >= 4 is 11.4 Å². The molecule has 0 heterocycles. The van der Waals surface area contributed by atoms with Crippen molar-refractivity contribution in [3.63, 3.8) is 0 Å². The molecule has 44 valence electrons. The van der Waals surface area contributed by atoms with Crippen molar-refractivity contribution in [1.82, 2.24) is 5.48 Å². The normalized spacial score (nSPS) is 14.0. The van der Waals surface area contributed by atoms with E-state index in [1.807, 2.05) is 0 Å². The van der Waals surface area contributed by atoms with E-state index in [1.165, 1.54) is 0 Å². The zero-order valence-corrected chi connectivity index (χ0v) is 4.70. The molecule has 7 heavy (non-hydrogen) atoms. The molecule has 0 aliphatic heterocycles. The lowest BCUT2D eigenvalue weighted by Gasteiger charge is -1.91. The molecule has 0 saturated carbocycles. The predicted molar refractivity (Wildman–Crippen MR) is 25.5 cm³/mol. The van der Waals surface area contributed by atoms with Crippen LogP contribution in [-0.4, -0.2) is 15.3 Å². The van der Waals surface area contributed by atoms with Gasteiger partial charge in [0.25, 0.3) is 0 Å². The highest BCUT2D eigenvalue weighted by molar-refractivity contribution is 7.74. The van der Waals surface area contributed by atoms with E-state index in [1.54, 1.807) is 6.92 Å². The number of nitrogens with one attached hydrogen (secondary N) is 1. The number of hydroxylamine groups is 1. The number of rotatable bonds is 3. The molecule has 0 aromatic carbocycles. The Morgan fingerprint density at radius 3 is 2.71 bits per heavy atom. The average Bonchev–Trinajstić information content (AvgIpc) is 1.61. The van der Waals surface area contributed by atoms with Crippen LogP contribution in [0.3, 0.4) is 0 Å². The Hall–Kier alpha value is 0.0300. The lowest BCUT2D eigenvalue weighted by Crippen LogP contribution is -2.14. The quantitative estimate of drug-likeness (QED) is 0.400. The third-order valence-electron chi connectivity index (χ3n) is 0.275. The molecule has 0 fully saturated rings. The fraction of sp³-hybridized carbons (Fsp3) is 1.00. The molecule has 0 radical (unpaired) electrons. The third kappa shape index (κ3) is 6.03. The minimum Gasteiger partial charge on any atom is -0.283 e. The van der Waals surface area contributed by atoms with Crippen molar-refractivity contribution in [3.8, 4) is 0 Å². The van der Waals surface area contributed by atoms with Crippen LogP contribution in [0.4, 0.5) is 0 Å². The Kier molecular flexibility index (Phi) is 4.21. The van der Waals surface area contributed by atoms with Gasteiger partial charge in [-0.3, -0.25) is 4.55 Å². The van der Waals surface area contributed by atoms with Crippen LogP contribution >= 0.6 is 0 Å². The largest absolute Gasteiger partial charge is 0.319 e. The minimum atomic E-state index is -2.18. The van der Waals surface area contributed by atoms with Crippen LogP contribution in [-0.2, 0) is 15.6 Å². The van der Waals surface area contributed by atoms with Crippen LogP contribution in [0.1, 0.15) is 6.92 Å². The first-order valence-corrected chi connectivity index (χ1v) is 2.81. The maximum atomic E-state index is 9.58. The number of hydrogen-bond acceptors (Lipinski definition) is 3. The van der Waals surface area contributed by atoms with Gasteiger partial charge in [-0.05, 0) is 0 Å². The molecule has 1 atom stereocenters. The smallest absolute Gasteiger partial charge is 0.283 e. The lowest BCUT2D eigenvalue weighted by atomic mass is 10.8. The summed E-state index contributed by atoms with van der Waals surface area (Å²) in [5.41, 5.74) is 2.20. The maximum absolute atomic E-state index is 9.58. The molecule has 2 N–H and O–H groups in total. The van der Waals surface area contributed by atoms with Gasteiger partial charge in [0, 0.05) is 6.54 Å². The van der Waals surface area contributed by atoms with Gasteiger partial charge in [0.1, 0.15) is 0 Å². The molecule has 0 spiro atoms. The van der Waals surface area contributed by atoms with Gasteiger partial charge in [-0.2, -0.15) is 14.0 Å². The van der Waals surface area contributed by atoms with Gasteiger partial charge < -0.3 is 0 Å². The molecule has 0 aliphatic carbocycles. The van der Waals surface area contributed by atoms with Crippen molar-refractivity contribution in [1.29, 1.82) is 0 Å². The first-order chi connectivity index (χ1) is 3.27. The van der Waals surface area contributed by atoms with Crippen molar-refractivity contribution in [2.24, 2.45) is 0 Å². The molecule has 1 unspecified atom stereocenters. The number of hydrogen-bond donors (Lipinski definition) is 2. The summed E-state index contributed by atoms with van der Waals surface area (Å²) in [7, 11) is 0. The molecule has 0 amide bonds. The fourth-order valence-electron chi connectivity index (χ4n) is 0.109. The van der Waals surface area contributed by atoms with Crippen LogP contribution < -0.4 is 5.48 Å². The van der Waals surface area contributed by atoms with E-state index in [9.17, 15) is 4.21 Å². The van der Waals surface area contributed by atoms with E-state index < -0.39 is 11.4 Å². The van der Waals surface area contributed by atoms with Crippen LogP contribution in [0.25, 0.3) is 0 Å². The van der Waals surface area contributed by atoms with Gasteiger partial charge >= 0.3 is 11.4 Å². The molecule has 0 saturated heterocycles. The molecule has 0 aromatic heterocycles. The van der Waals surface area contributed by atoms with Crippen molar-refractivity contribution < 1.29 is 13.0 Å². The zero-order valence-electron chi connectivity index (χ0n) is 3.88. The summed E-state index contributed by atoms with van der Waals surface area (Å²) in [6.07, 6.45) is 0. The maximum Gasteiger partial charge on any atom is 0.319 e. The fourth-order valence-corrected chi connectivity index (χ4v) is 0.328. The predicted octanol–water partition coefficient (Wildman–Crippen LogP) is -0.336. The Bertz CT molecular complexity index is 66.0. The van der Waals surface area contributed by atoms with Gasteiger partial charge in [0.2, 0.25) is 0 Å². The second kappa shape index (κ2) is 4.20. The highest BCUT2D eigenvalue weighted by atomic mass is 32.2. The van der Waals surface area contributed by atoms with E-state index in [4.69, 9.17) is 4.55 Å². The van der Waals surface area contributed by atoms with Gasteiger partial charge in [-0.25, -0.2) is 0 Å². The Morgan fingerprint density at radius 2 is 2.57 bits per heavy atom. The van der Waals surface area contributed by atoms with E-state index in [0.29, 0.717) is 6.54 Å². The molecule has 0 bridgehead atoms. The van der Waals surface area contributed by atoms with E-state index >= 15 is 0 Å². The Morgan fingerprint density at radius 1 is 2.00 bits per heavy atom. The Balaban J connectivity index is 2.82. The summed E-state index contributed by atoms with van der Waals surface area (Å²) in [6, 6.07) is 0. The highest BCUT2D eigenvalue weighted by Gasteiger charge is 1.85. The average molecular weight is 125 g/mol. The SMILES string of the molecule is CCNOS(=O)O. The summed E-state index contributed by atoms with van der Waals surface area (Å²) < 4.78 is 21.4. The standard InChI is InChI=1S/C2H7NO3S/c1-2-3-6-7(4)5/h3H,2H2,1H3,(H,4,5). The first kappa shape index (κ1) is 7.03. The summed E-state index contributed by atoms with van der Waals surface area (Å²) in [6.45, 7) is 2.28. The molecule has 0 rings (SSSR count). The lowest BCUT2D eigenvalue weighted by molar-refractivity contribution is 0.204. The van der Waals surface area contributed by atoms with E-state index in [0.717, 1.165) is 0 Å². The minimum absolute atomic E-state index is 0.520. The molecule has 0 aliphatic rings. The van der Waals surface area contributed by atoms with E-state index in [2.05, 4.69) is 9.76 Å². The highest BCUT2D eigenvalue weighted by Crippen LogP contribution is 1.67. The van der Waals surface area contributed by atoms with Gasteiger partial charge in [-0.1, -0.05) is 6.92 Å². The zero-order chi connectivity index (χ0) is 5.70. The van der Waals surface area contributed by atoms with Crippen LogP contribution in [0, 0.1) is 0 Å². The second-order valence-corrected chi connectivity index (χ2v) is 1.40. The summed E-state index contributed by atoms with van der Waals surface area (Å²) in [5.74, 6) is 0. The van der Waals surface area contributed by atoms with Crippen LogP contribution in [0.2, 0.25) is 0 Å². The topological polar surface area (TPSA) is 58.6 Å². The molecule has 4 nitrogen and oxygen atoms in total. The molecular weight excluding hydrogens is 118 g/mol. The second-order valence-electron chi connectivity index (χ2n) is 0.798. The van der Waals surface area contributed by atoms with Gasteiger partial charge in [0.15, 0.2) is 0 Å². The van der Waals surface area contributed by atoms with Crippen LogP contribution in [0.15, 0.2) is 0 Å². The van der Waals surface area contributed by atoms with Gasteiger partial charge in [-0.15, -0.1) is 0 Å². The summed E-state index contributed by atoms with van der Waals surface area (Å²) in [4.78, 5) is 0. The third-order valence-corrected chi connectivity index (χ3v) is 0.535. The first-order valence-electron chi connectivity index (χ1n) is 1.78. The molecule has 0 aromatic rings.